The van der Waals surface area contributed by atoms with Gasteiger partial charge in [0.1, 0.15) is 5.82 Å². The van der Waals surface area contributed by atoms with E-state index in [1.54, 1.807) is 30.3 Å². The van der Waals surface area contributed by atoms with Gasteiger partial charge < -0.3 is 0 Å². The first-order valence-electron chi connectivity index (χ1n) is 6.27. The first kappa shape index (κ1) is 16.1. The van der Waals surface area contributed by atoms with Crippen LogP contribution < -0.4 is 0 Å². The molecule has 0 saturated heterocycles. The molecule has 2 rings (SSSR count). The molecule has 0 amide bonds. The summed E-state index contributed by atoms with van der Waals surface area (Å²) in [4.78, 5) is 0.244. The Morgan fingerprint density at radius 3 is 2.33 bits per heavy atom. The van der Waals surface area contributed by atoms with Gasteiger partial charge in [-0.2, -0.15) is 4.31 Å². The van der Waals surface area contributed by atoms with Crippen LogP contribution in [0.25, 0.3) is 0 Å². The van der Waals surface area contributed by atoms with E-state index in [1.165, 1.54) is 23.5 Å². The van der Waals surface area contributed by atoms with Crippen molar-refractivity contribution in [2.24, 2.45) is 0 Å². The third-order valence-electron chi connectivity index (χ3n) is 3.14. The fourth-order valence-corrected chi connectivity index (χ4v) is 3.49. The van der Waals surface area contributed by atoms with Gasteiger partial charge in [-0.25, -0.2) is 12.8 Å². The molecule has 0 heterocycles. The van der Waals surface area contributed by atoms with Gasteiger partial charge in [0.05, 0.1) is 4.90 Å². The first-order chi connectivity index (χ1) is 9.80. The number of halogens is 2. The predicted octanol–water partition coefficient (Wildman–Crippen LogP) is 3.72. The van der Waals surface area contributed by atoms with E-state index in [9.17, 15) is 12.8 Å². The highest BCUT2D eigenvalue weighted by atomic mass is 79.9. The number of nitrogens with zero attached hydrogens (tertiary/aromatic N) is 1. The molecular formula is C15H15BrFNO2S. The molecule has 21 heavy (non-hydrogen) atoms. The number of rotatable bonds is 4. The third kappa shape index (κ3) is 3.70. The molecule has 0 aliphatic heterocycles. The predicted molar refractivity (Wildman–Crippen MR) is 83.9 cm³/mol. The molecule has 0 unspecified atom stereocenters. The van der Waals surface area contributed by atoms with Crippen molar-refractivity contribution in [3.63, 3.8) is 0 Å². The smallest absolute Gasteiger partial charge is 0.207 e. The topological polar surface area (TPSA) is 37.4 Å². The molecule has 3 nitrogen and oxygen atoms in total. The summed E-state index contributed by atoms with van der Waals surface area (Å²) in [6.45, 7) is 2.06. The Morgan fingerprint density at radius 2 is 1.76 bits per heavy atom. The van der Waals surface area contributed by atoms with Gasteiger partial charge in [-0.3, -0.25) is 0 Å². The van der Waals surface area contributed by atoms with E-state index >= 15 is 0 Å². The molecule has 0 fully saturated rings. The molecule has 2 aromatic carbocycles. The van der Waals surface area contributed by atoms with Crippen LogP contribution in [0, 0.1) is 12.7 Å². The normalized spacial score (nSPS) is 11.9. The molecule has 0 N–H and O–H groups in total. The summed E-state index contributed by atoms with van der Waals surface area (Å²) in [5.41, 5.74) is 1.70. The van der Waals surface area contributed by atoms with E-state index in [1.807, 2.05) is 6.92 Å². The fraction of sp³-hybridized carbons (Fsp3) is 0.200. The fourth-order valence-electron chi connectivity index (χ4n) is 1.86. The highest BCUT2D eigenvalue weighted by Crippen LogP contribution is 2.22. The van der Waals surface area contributed by atoms with Crippen molar-refractivity contribution in [3.05, 3.63) is 63.9 Å². The first-order valence-corrected chi connectivity index (χ1v) is 8.51. The maximum absolute atomic E-state index is 13.1. The Labute approximate surface area is 132 Å². The minimum atomic E-state index is -3.56. The summed E-state index contributed by atoms with van der Waals surface area (Å²) >= 11 is 3.25. The van der Waals surface area contributed by atoms with Crippen molar-refractivity contribution in [2.75, 3.05) is 7.05 Å². The van der Waals surface area contributed by atoms with Gasteiger partial charge in [0.2, 0.25) is 10.0 Å². The van der Waals surface area contributed by atoms with E-state index < -0.39 is 10.0 Å². The Balaban J connectivity index is 2.26. The zero-order valence-electron chi connectivity index (χ0n) is 11.7. The Hall–Kier alpha value is -1.24. The largest absolute Gasteiger partial charge is 0.243 e. The lowest BCUT2D eigenvalue weighted by molar-refractivity contribution is 0.465. The lowest BCUT2D eigenvalue weighted by Crippen LogP contribution is -2.26. The highest BCUT2D eigenvalue weighted by Gasteiger charge is 2.21. The molecule has 6 heteroatoms. The number of sulfonamides is 1. The Morgan fingerprint density at radius 1 is 1.14 bits per heavy atom. The molecule has 0 atom stereocenters. The van der Waals surface area contributed by atoms with Gasteiger partial charge in [0.15, 0.2) is 0 Å². The molecule has 2 aromatic rings. The molecule has 0 radical (unpaired) electrons. The second kappa shape index (κ2) is 6.25. The molecule has 0 bridgehead atoms. The van der Waals surface area contributed by atoms with Crippen LogP contribution in [0.4, 0.5) is 4.39 Å². The number of benzene rings is 2. The standard InChI is InChI=1S/C15H15BrFNO2S/c1-11-3-7-14(8-4-11)21(19,20)18(2)10-12-5-6-13(17)9-15(12)16/h3-9H,10H2,1-2H3. The van der Waals surface area contributed by atoms with Crippen molar-refractivity contribution < 1.29 is 12.8 Å². The summed E-state index contributed by atoms with van der Waals surface area (Å²) in [5, 5.41) is 0. The molecule has 112 valence electrons. The summed E-state index contributed by atoms with van der Waals surface area (Å²) in [6, 6.07) is 10.9. The van der Waals surface area contributed by atoms with Gasteiger partial charge in [0.25, 0.3) is 0 Å². The van der Waals surface area contributed by atoms with E-state index in [0.29, 0.717) is 10.0 Å². The average molecular weight is 372 g/mol. The minimum Gasteiger partial charge on any atom is -0.207 e. The second-order valence-electron chi connectivity index (χ2n) is 4.81. The zero-order chi connectivity index (χ0) is 15.6. The number of aryl methyl sites for hydroxylation is 1. The SMILES string of the molecule is Cc1ccc(S(=O)(=O)N(C)Cc2ccc(F)cc2Br)cc1. The quantitative estimate of drug-likeness (QED) is 0.821. The Bertz CT molecular complexity index is 745. The highest BCUT2D eigenvalue weighted by molar-refractivity contribution is 9.10. The van der Waals surface area contributed by atoms with Crippen molar-refractivity contribution in [1.29, 1.82) is 0 Å². The monoisotopic (exact) mass is 371 g/mol. The number of hydrogen-bond acceptors (Lipinski definition) is 2. The number of hydrogen-bond donors (Lipinski definition) is 0. The van der Waals surface area contributed by atoms with E-state index in [-0.39, 0.29) is 17.3 Å². The summed E-state index contributed by atoms with van der Waals surface area (Å²) in [5.74, 6) is -0.366. The van der Waals surface area contributed by atoms with Crippen molar-refractivity contribution in [2.45, 2.75) is 18.4 Å². The van der Waals surface area contributed by atoms with Gasteiger partial charge in [-0.1, -0.05) is 39.7 Å². The second-order valence-corrected chi connectivity index (χ2v) is 7.71. The van der Waals surface area contributed by atoms with Gasteiger partial charge >= 0.3 is 0 Å². The summed E-state index contributed by atoms with van der Waals surface area (Å²) in [7, 11) is -2.06. The minimum absolute atomic E-state index is 0.164. The van der Waals surface area contributed by atoms with E-state index in [2.05, 4.69) is 15.9 Å². The van der Waals surface area contributed by atoms with Gasteiger partial charge in [-0.15, -0.1) is 0 Å². The molecule has 0 aliphatic carbocycles. The van der Waals surface area contributed by atoms with Crippen LogP contribution in [-0.2, 0) is 16.6 Å². The molecule has 0 saturated carbocycles. The van der Waals surface area contributed by atoms with Crippen molar-refractivity contribution >= 4 is 26.0 Å². The summed E-state index contributed by atoms with van der Waals surface area (Å²) < 4.78 is 39.8. The van der Waals surface area contributed by atoms with Crippen LogP contribution in [0.3, 0.4) is 0 Å². The average Bonchev–Trinajstić information content (AvgIpc) is 2.42. The van der Waals surface area contributed by atoms with Gasteiger partial charge in [-0.05, 0) is 36.8 Å². The molecule has 0 aliphatic rings. The maximum atomic E-state index is 13.1. The van der Waals surface area contributed by atoms with Gasteiger partial charge in [0, 0.05) is 18.1 Å². The summed E-state index contributed by atoms with van der Waals surface area (Å²) in [6.07, 6.45) is 0. The van der Waals surface area contributed by atoms with Crippen molar-refractivity contribution in [3.8, 4) is 0 Å². The zero-order valence-corrected chi connectivity index (χ0v) is 14.1. The van der Waals surface area contributed by atoms with E-state index in [4.69, 9.17) is 0 Å². The van der Waals surface area contributed by atoms with Crippen LogP contribution in [0.5, 0.6) is 0 Å². The maximum Gasteiger partial charge on any atom is 0.243 e. The molecule has 0 spiro atoms. The molecular weight excluding hydrogens is 357 g/mol. The lowest BCUT2D eigenvalue weighted by atomic mass is 10.2. The van der Waals surface area contributed by atoms with Crippen LogP contribution in [0.2, 0.25) is 0 Å². The Kier molecular flexibility index (Phi) is 4.81. The van der Waals surface area contributed by atoms with E-state index in [0.717, 1.165) is 5.56 Å². The van der Waals surface area contributed by atoms with Crippen LogP contribution >= 0.6 is 15.9 Å². The third-order valence-corrected chi connectivity index (χ3v) is 5.69. The molecule has 0 aromatic heterocycles. The van der Waals surface area contributed by atoms with Crippen LogP contribution in [-0.4, -0.2) is 19.8 Å². The van der Waals surface area contributed by atoms with Crippen molar-refractivity contribution in [1.82, 2.24) is 4.31 Å². The van der Waals surface area contributed by atoms with Crippen LogP contribution in [0.1, 0.15) is 11.1 Å². The lowest BCUT2D eigenvalue weighted by Gasteiger charge is -2.18. The van der Waals surface area contributed by atoms with Crippen LogP contribution in [0.15, 0.2) is 51.8 Å².